The maximum Gasteiger partial charge on any atom is 0.0936 e. The Balaban J connectivity index is 2.27. The molecule has 0 bridgehead atoms. The van der Waals surface area contributed by atoms with E-state index in [9.17, 15) is 0 Å². The molecule has 0 aromatic carbocycles. The van der Waals surface area contributed by atoms with E-state index < -0.39 is 0 Å². The second kappa shape index (κ2) is 6.06. The topological polar surface area (TPSA) is 12.9 Å². The van der Waals surface area contributed by atoms with Gasteiger partial charge in [0.2, 0.25) is 0 Å². The fraction of sp³-hybridized carbons (Fsp3) is 0.769. The number of aromatic nitrogens is 1. The zero-order valence-corrected chi connectivity index (χ0v) is 12.7. The maximum absolute atomic E-state index is 4.65. The highest BCUT2D eigenvalue weighted by atomic mass is 32.2. The van der Waals surface area contributed by atoms with Crippen LogP contribution in [0.15, 0.2) is 5.38 Å². The monoisotopic (exact) mass is 257 g/mol. The normalized spacial score (nSPS) is 12.4. The molecule has 0 spiro atoms. The van der Waals surface area contributed by atoms with Gasteiger partial charge < -0.3 is 0 Å². The highest BCUT2D eigenvalue weighted by Crippen LogP contribution is 2.22. The molecule has 0 saturated carbocycles. The van der Waals surface area contributed by atoms with Crippen LogP contribution < -0.4 is 0 Å². The molecular formula is C13H23NS2. The van der Waals surface area contributed by atoms with E-state index in [0.717, 1.165) is 6.42 Å². The van der Waals surface area contributed by atoms with Crippen molar-refractivity contribution < 1.29 is 0 Å². The average molecular weight is 257 g/mol. The lowest BCUT2D eigenvalue weighted by atomic mass is 10.0. The first-order valence-corrected chi connectivity index (χ1v) is 7.94. The highest BCUT2D eigenvalue weighted by Gasteiger charge is 2.10. The summed E-state index contributed by atoms with van der Waals surface area (Å²) in [5.41, 5.74) is 1.69. The van der Waals surface area contributed by atoms with Gasteiger partial charge in [-0.15, -0.1) is 11.3 Å². The lowest BCUT2D eigenvalue weighted by Gasteiger charge is -2.16. The Kier molecular flexibility index (Phi) is 5.32. The summed E-state index contributed by atoms with van der Waals surface area (Å²) >= 11 is 3.85. The predicted molar refractivity (Wildman–Crippen MR) is 76.7 cm³/mol. The Morgan fingerprint density at radius 3 is 2.56 bits per heavy atom. The van der Waals surface area contributed by atoms with Crippen LogP contribution in [0.1, 0.15) is 51.2 Å². The zero-order chi connectivity index (χ0) is 12.2. The third-order valence-corrected chi connectivity index (χ3v) is 4.65. The molecule has 0 fully saturated rings. The van der Waals surface area contributed by atoms with E-state index >= 15 is 0 Å². The van der Waals surface area contributed by atoms with Crippen LogP contribution in [0.25, 0.3) is 0 Å². The summed E-state index contributed by atoms with van der Waals surface area (Å²) < 4.78 is 0. The van der Waals surface area contributed by atoms with Crippen molar-refractivity contribution in [3.05, 3.63) is 16.1 Å². The molecule has 1 rings (SSSR count). The molecule has 0 atom stereocenters. The summed E-state index contributed by atoms with van der Waals surface area (Å²) in [5.74, 6) is 2.99. The van der Waals surface area contributed by atoms with Crippen molar-refractivity contribution in [2.24, 2.45) is 5.41 Å². The molecule has 0 N–H and O–H groups in total. The standard InChI is InChI=1S/C13H23NS2/c1-10(2)11-8-16-12(14-11)6-7-15-9-13(3,4)5/h8,10H,6-7,9H2,1-5H3. The number of nitrogens with zero attached hydrogens (tertiary/aromatic N) is 1. The fourth-order valence-corrected chi connectivity index (χ4v) is 3.43. The molecule has 1 nitrogen and oxygen atoms in total. The number of hydrogen-bond acceptors (Lipinski definition) is 3. The maximum atomic E-state index is 4.65. The van der Waals surface area contributed by atoms with Gasteiger partial charge in [0.05, 0.1) is 10.7 Å². The van der Waals surface area contributed by atoms with E-state index in [0.29, 0.717) is 11.3 Å². The van der Waals surface area contributed by atoms with Gasteiger partial charge in [-0.1, -0.05) is 34.6 Å². The average Bonchev–Trinajstić information content (AvgIpc) is 2.59. The fourth-order valence-electron chi connectivity index (χ4n) is 1.24. The third kappa shape index (κ3) is 5.35. The Labute approximate surface area is 108 Å². The first-order valence-electron chi connectivity index (χ1n) is 5.90. The van der Waals surface area contributed by atoms with Crippen molar-refractivity contribution in [1.29, 1.82) is 0 Å². The van der Waals surface area contributed by atoms with Crippen LogP contribution in [0.2, 0.25) is 0 Å². The summed E-state index contributed by atoms with van der Waals surface area (Å²) in [6.45, 7) is 11.3. The number of rotatable bonds is 5. The molecular weight excluding hydrogens is 234 g/mol. The first-order chi connectivity index (χ1) is 7.38. The smallest absolute Gasteiger partial charge is 0.0936 e. The number of thiazole rings is 1. The molecule has 0 aliphatic rings. The SMILES string of the molecule is CC(C)c1csc(CCSCC(C)(C)C)n1. The molecule has 0 aliphatic heterocycles. The molecule has 1 aromatic rings. The summed E-state index contributed by atoms with van der Waals surface area (Å²) in [6.07, 6.45) is 1.12. The Morgan fingerprint density at radius 2 is 2.06 bits per heavy atom. The van der Waals surface area contributed by atoms with E-state index in [1.165, 1.54) is 22.2 Å². The predicted octanol–water partition coefficient (Wildman–Crippen LogP) is 4.59. The Bertz CT molecular complexity index is 310. The minimum absolute atomic E-state index is 0.441. The second-order valence-electron chi connectivity index (χ2n) is 5.68. The lowest BCUT2D eigenvalue weighted by Crippen LogP contribution is -2.09. The Morgan fingerprint density at radius 1 is 1.38 bits per heavy atom. The van der Waals surface area contributed by atoms with Crippen molar-refractivity contribution >= 4 is 23.1 Å². The summed E-state index contributed by atoms with van der Waals surface area (Å²) in [5, 5.41) is 3.50. The van der Waals surface area contributed by atoms with Crippen molar-refractivity contribution in [3.63, 3.8) is 0 Å². The molecule has 3 heteroatoms. The largest absolute Gasteiger partial charge is 0.246 e. The van der Waals surface area contributed by atoms with E-state index in [1.54, 1.807) is 0 Å². The number of aryl methyl sites for hydroxylation is 1. The molecule has 92 valence electrons. The first kappa shape index (κ1) is 14.0. The van der Waals surface area contributed by atoms with Crippen LogP contribution in [0, 0.1) is 5.41 Å². The molecule has 1 aromatic heterocycles. The molecule has 1 heterocycles. The Hall–Kier alpha value is -0.0200. The van der Waals surface area contributed by atoms with E-state index in [4.69, 9.17) is 0 Å². The van der Waals surface area contributed by atoms with E-state index in [1.807, 2.05) is 23.1 Å². The van der Waals surface area contributed by atoms with E-state index in [-0.39, 0.29) is 0 Å². The van der Waals surface area contributed by atoms with Crippen molar-refractivity contribution in [1.82, 2.24) is 4.98 Å². The summed E-state index contributed by atoms with van der Waals surface area (Å²) in [6, 6.07) is 0. The summed E-state index contributed by atoms with van der Waals surface area (Å²) in [7, 11) is 0. The minimum Gasteiger partial charge on any atom is -0.246 e. The van der Waals surface area contributed by atoms with Gasteiger partial charge in [-0.05, 0) is 22.8 Å². The van der Waals surface area contributed by atoms with Crippen LogP contribution in [0.3, 0.4) is 0 Å². The van der Waals surface area contributed by atoms with Crippen LogP contribution >= 0.6 is 23.1 Å². The van der Waals surface area contributed by atoms with Gasteiger partial charge in [0, 0.05) is 11.8 Å². The van der Waals surface area contributed by atoms with Gasteiger partial charge in [0.25, 0.3) is 0 Å². The van der Waals surface area contributed by atoms with Crippen LogP contribution in [0.4, 0.5) is 0 Å². The van der Waals surface area contributed by atoms with Gasteiger partial charge in [0.15, 0.2) is 0 Å². The zero-order valence-electron chi connectivity index (χ0n) is 11.0. The third-order valence-electron chi connectivity index (χ3n) is 2.16. The van der Waals surface area contributed by atoms with Gasteiger partial charge in [-0.2, -0.15) is 11.8 Å². The lowest BCUT2D eigenvalue weighted by molar-refractivity contribution is 0.481. The molecule has 0 amide bonds. The van der Waals surface area contributed by atoms with Gasteiger partial charge in [-0.25, -0.2) is 4.98 Å². The number of hydrogen-bond donors (Lipinski definition) is 0. The van der Waals surface area contributed by atoms with Gasteiger partial charge in [-0.3, -0.25) is 0 Å². The van der Waals surface area contributed by atoms with Crippen LogP contribution in [0.5, 0.6) is 0 Å². The number of thioether (sulfide) groups is 1. The highest BCUT2D eigenvalue weighted by molar-refractivity contribution is 7.99. The van der Waals surface area contributed by atoms with Crippen molar-refractivity contribution in [3.8, 4) is 0 Å². The molecule has 0 saturated heterocycles. The molecule has 16 heavy (non-hydrogen) atoms. The van der Waals surface area contributed by atoms with Crippen LogP contribution in [-0.4, -0.2) is 16.5 Å². The van der Waals surface area contributed by atoms with E-state index in [2.05, 4.69) is 45.0 Å². The molecule has 0 aliphatic carbocycles. The quantitative estimate of drug-likeness (QED) is 0.716. The second-order valence-corrected chi connectivity index (χ2v) is 7.73. The van der Waals surface area contributed by atoms with Gasteiger partial charge >= 0.3 is 0 Å². The molecule has 0 unspecified atom stereocenters. The van der Waals surface area contributed by atoms with Gasteiger partial charge in [0.1, 0.15) is 0 Å². The summed E-state index contributed by atoms with van der Waals surface area (Å²) in [4.78, 5) is 4.65. The van der Waals surface area contributed by atoms with Crippen molar-refractivity contribution in [2.75, 3.05) is 11.5 Å². The molecule has 0 radical (unpaired) electrons. The van der Waals surface area contributed by atoms with Crippen molar-refractivity contribution in [2.45, 2.75) is 47.0 Å². The van der Waals surface area contributed by atoms with Crippen LogP contribution in [-0.2, 0) is 6.42 Å². The minimum atomic E-state index is 0.441.